The van der Waals surface area contributed by atoms with E-state index in [9.17, 15) is 4.79 Å². The van der Waals surface area contributed by atoms with Crippen molar-refractivity contribution < 1.29 is 4.79 Å². The second-order valence-electron chi connectivity index (χ2n) is 9.59. The molecule has 2 aromatic heterocycles. The van der Waals surface area contributed by atoms with Crippen molar-refractivity contribution in [2.45, 2.75) is 51.5 Å². The number of carbonyl (C=O) groups is 1. The fourth-order valence-corrected chi connectivity index (χ4v) is 4.28. The molecule has 1 saturated carbocycles. The van der Waals surface area contributed by atoms with E-state index in [4.69, 9.17) is 4.98 Å². The van der Waals surface area contributed by atoms with Crippen LogP contribution in [0, 0.1) is 5.92 Å². The van der Waals surface area contributed by atoms with Crippen molar-refractivity contribution in [1.29, 1.82) is 0 Å². The van der Waals surface area contributed by atoms with Crippen LogP contribution in [0.5, 0.6) is 0 Å². The van der Waals surface area contributed by atoms with Crippen molar-refractivity contribution in [1.82, 2.24) is 29.9 Å². The lowest BCUT2D eigenvalue weighted by molar-refractivity contribution is 0.0936. The van der Waals surface area contributed by atoms with Gasteiger partial charge in [-0.2, -0.15) is 5.10 Å². The van der Waals surface area contributed by atoms with Gasteiger partial charge in [-0.15, -0.1) is 0 Å². The average molecular weight is 413 g/mol. The van der Waals surface area contributed by atoms with Gasteiger partial charge in [0, 0.05) is 37.3 Å². The Morgan fingerprint density at radius 1 is 1.23 bits per heavy atom. The summed E-state index contributed by atoms with van der Waals surface area (Å²) in [5.41, 5.74) is 2.62. The largest absolute Gasteiger partial charge is 0.352 e. The maximum atomic E-state index is 13.1. The first kappa shape index (κ1) is 21.2. The van der Waals surface area contributed by atoms with E-state index in [1.165, 1.54) is 12.8 Å². The first-order valence-electron chi connectivity index (χ1n) is 11.5. The van der Waals surface area contributed by atoms with Gasteiger partial charge in [0.25, 0.3) is 5.91 Å². The quantitative estimate of drug-likeness (QED) is 0.722. The Morgan fingerprint density at radius 2 is 1.97 bits per heavy atom. The predicted molar refractivity (Wildman–Crippen MR) is 120 cm³/mol. The molecular formula is C23H36N6O. The van der Waals surface area contributed by atoms with E-state index in [0.29, 0.717) is 11.8 Å². The number of likely N-dealkylation sites (N-methyl/N-ethyl adjacent to an activating group) is 1. The number of fused-ring (bicyclic) bond motifs is 1. The third-order valence-electron chi connectivity index (χ3n) is 6.44. The Balaban J connectivity index is 1.40. The van der Waals surface area contributed by atoms with Crippen LogP contribution in [-0.2, 0) is 0 Å². The molecule has 2 fully saturated rings. The van der Waals surface area contributed by atoms with E-state index >= 15 is 0 Å². The Kier molecular flexibility index (Phi) is 6.39. The molecule has 2 aliphatic rings. The van der Waals surface area contributed by atoms with Crippen LogP contribution in [-0.4, -0.2) is 77.3 Å². The Morgan fingerprint density at radius 3 is 2.60 bits per heavy atom. The van der Waals surface area contributed by atoms with E-state index in [1.807, 2.05) is 10.7 Å². The van der Waals surface area contributed by atoms with Crippen LogP contribution in [0.1, 0.15) is 67.5 Å². The van der Waals surface area contributed by atoms with Crippen molar-refractivity contribution in [3.63, 3.8) is 0 Å². The van der Waals surface area contributed by atoms with Gasteiger partial charge < -0.3 is 15.1 Å². The Bertz CT molecular complexity index is 877. The molecule has 1 N–H and O–H groups in total. The summed E-state index contributed by atoms with van der Waals surface area (Å²) < 4.78 is 1.93. The number of amides is 1. The topological polar surface area (TPSA) is 66.3 Å². The molecule has 0 atom stereocenters. The summed E-state index contributed by atoms with van der Waals surface area (Å²) >= 11 is 0. The summed E-state index contributed by atoms with van der Waals surface area (Å²) in [5.74, 6) is 1.08. The highest BCUT2D eigenvalue weighted by molar-refractivity contribution is 6.05. The first-order valence-corrected chi connectivity index (χ1v) is 11.5. The maximum absolute atomic E-state index is 13.1. The van der Waals surface area contributed by atoms with Crippen LogP contribution in [0.15, 0.2) is 12.3 Å². The van der Waals surface area contributed by atoms with Crippen LogP contribution < -0.4 is 5.32 Å². The van der Waals surface area contributed by atoms with Crippen LogP contribution in [0.25, 0.3) is 11.0 Å². The minimum atomic E-state index is 0.0163. The standard InChI is InChI=1S/C23H36N6O/c1-16(2)29-22-20(15-25-29)19(13-21(26-22)18-5-6-18)23(30)24-14-17-7-9-28(10-8-17)12-11-27(3)4/h13,15-18H,5-12,14H2,1-4H3,(H,24,30). The van der Waals surface area contributed by atoms with Gasteiger partial charge in [-0.1, -0.05) is 0 Å². The number of hydrogen-bond acceptors (Lipinski definition) is 5. The van der Waals surface area contributed by atoms with Gasteiger partial charge in [0.2, 0.25) is 0 Å². The van der Waals surface area contributed by atoms with E-state index in [0.717, 1.165) is 67.9 Å². The molecule has 4 rings (SSSR count). The summed E-state index contributed by atoms with van der Waals surface area (Å²) in [6, 6.07) is 2.23. The van der Waals surface area contributed by atoms with E-state index in [2.05, 4.69) is 48.2 Å². The first-order chi connectivity index (χ1) is 14.4. The zero-order valence-electron chi connectivity index (χ0n) is 18.9. The number of aromatic nitrogens is 3. The van der Waals surface area contributed by atoms with Gasteiger partial charge in [-0.25, -0.2) is 9.67 Å². The van der Waals surface area contributed by atoms with Crippen molar-refractivity contribution in [3.8, 4) is 0 Å². The summed E-state index contributed by atoms with van der Waals surface area (Å²) in [7, 11) is 4.25. The maximum Gasteiger partial charge on any atom is 0.252 e. The Hall–Kier alpha value is -1.99. The highest BCUT2D eigenvalue weighted by Crippen LogP contribution is 2.40. The fourth-order valence-electron chi connectivity index (χ4n) is 4.28. The molecular weight excluding hydrogens is 376 g/mol. The van der Waals surface area contributed by atoms with E-state index in [-0.39, 0.29) is 11.9 Å². The molecule has 0 unspecified atom stereocenters. The molecule has 0 bridgehead atoms. The second-order valence-corrected chi connectivity index (χ2v) is 9.59. The molecule has 1 aliphatic heterocycles. The molecule has 164 valence electrons. The highest BCUT2D eigenvalue weighted by Gasteiger charge is 2.28. The number of nitrogens with zero attached hydrogens (tertiary/aromatic N) is 5. The van der Waals surface area contributed by atoms with E-state index in [1.54, 1.807) is 6.20 Å². The van der Waals surface area contributed by atoms with Crippen LogP contribution in [0.3, 0.4) is 0 Å². The van der Waals surface area contributed by atoms with Crippen LogP contribution in [0.4, 0.5) is 0 Å². The number of nitrogens with one attached hydrogen (secondary N) is 1. The average Bonchev–Trinajstić information content (AvgIpc) is 3.49. The monoisotopic (exact) mass is 412 g/mol. The fraction of sp³-hybridized carbons (Fsp3) is 0.696. The lowest BCUT2D eigenvalue weighted by atomic mass is 9.96. The number of likely N-dealkylation sites (tertiary alicyclic amines) is 1. The van der Waals surface area contributed by atoms with Gasteiger partial charge in [-0.3, -0.25) is 4.79 Å². The lowest BCUT2D eigenvalue weighted by Crippen LogP contribution is -2.41. The SMILES string of the molecule is CC(C)n1ncc2c(C(=O)NCC3CCN(CCN(C)C)CC3)cc(C3CC3)nc21. The molecule has 7 heteroatoms. The molecule has 0 aromatic carbocycles. The smallest absolute Gasteiger partial charge is 0.252 e. The summed E-state index contributed by atoms with van der Waals surface area (Å²) in [4.78, 5) is 22.8. The number of piperidine rings is 1. The molecule has 7 nitrogen and oxygen atoms in total. The van der Waals surface area contributed by atoms with E-state index < -0.39 is 0 Å². The van der Waals surface area contributed by atoms with Gasteiger partial charge in [0.05, 0.1) is 17.1 Å². The molecule has 2 aromatic rings. The van der Waals surface area contributed by atoms with Crippen molar-refractivity contribution in [3.05, 3.63) is 23.5 Å². The second kappa shape index (κ2) is 9.02. The summed E-state index contributed by atoms with van der Waals surface area (Å²) in [6.45, 7) is 9.44. The van der Waals surface area contributed by atoms with Gasteiger partial charge >= 0.3 is 0 Å². The molecule has 30 heavy (non-hydrogen) atoms. The van der Waals surface area contributed by atoms with Crippen LogP contribution >= 0.6 is 0 Å². The summed E-state index contributed by atoms with van der Waals surface area (Å²) in [5, 5.41) is 8.60. The third-order valence-corrected chi connectivity index (χ3v) is 6.44. The number of pyridine rings is 1. The van der Waals surface area contributed by atoms with Crippen molar-refractivity contribution in [2.24, 2.45) is 5.92 Å². The molecule has 3 heterocycles. The minimum Gasteiger partial charge on any atom is -0.352 e. The number of carbonyl (C=O) groups excluding carboxylic acids is 1. The predicted octanol–water partition coefficient (Wildman–Crippen LogP) is 2.89. The zero-order chi connectivity index (χ0) is 21.3. The molecule has 0 radical (unpaired) electrons. The minimum absolute atomic E-state index is 0.0163. The highest BCUT2D eigenvalue weighted by atomic mass is 16.1. The van der Waals surface area contributed by atoms with Gasteiger partial charge in [-0.05, 0) is 78.7 Å². The summed E-state index contributed by atoms with van der Waals surface area (Å²) in [6.07, 6.45) is 6.44. The zero-order valence-corrected chi connectivity index (χ0v) is 18.9. The van der Waals surface area contributed by atoms with Gasteiger partial charge in [0.1, 0.15) is 0 Å². The van der Waals surface area contributed by atoms with Gasteiger partial charge in [0.15, 0.2) is 5.65 Å². The molecule has 0 spiro atoms. The molecule has 1 aliphatic carbocycles. The van der Waals surface area contributed by atoms with Crippen molar-refractivity contribution >= 4 is 16.9 Å². The lowest BCUT2D eigenvalue weighted by Gasteiger charge is -2.32. The normalized spacial score (nSPS) is 18.6. The molecule has 1 saturated heterocycles. The molecule has 1 amide bonds. The number of hydrogen-bond donors (Lipinski definition) is 1. The van der Waals surface area contributed by atoms with Crippen molar-refractivity contribution in [2.75, 3.05) is 46.8 Å². The Labute approximate surface area is 179 Å². The van der Waals surface area contributed by atoms with Crippen LogP contribution in [0.2, 0.25) is 0 Å². The third kappa shape index (κ3) is 4.83. The number of rotatable bonds is 8.